The van der Waals surface area contributed by atoms with Crippen LogP contribution in [0, 0.1) is 5.92 Å². The fourth-order valence-corrected chi connectivity index (χ4v) is 2.00. The Bertz CT molecular complexity index is 267. The normalized spacial score (nSPS) is 31.5. The molecular formula is C8H14ClN3O2. The minimum Gasteiger partial charge on any atom is -0.328 e. The fraction of sp³-hybridized carbons (Fsp3) is 0.750. The third-order valence-corrected chi connectivity index (χ3v) is 3.09. The lowest BCUT2D eigenvalue weighted by molar-refractivity contribution is -0.126. The monoisotopic (exact) mass is 219 g/mol. The third-order valence-electron chi connectivity index (χ3n) is 3.09. The van der Waals surface area contributed by atoms with E-state index in [0.29, 0.717) is 0 Å². The van der Waals surface area contributed by atoms with Crippen molar-refractivity contribution in [2.24, 2.45) is 11.7 Å². The summed E-state index contributed by atoms with van der Waals surface area (Å²) in [7, 11) is 0. The Kier molecular flexibility index (Phi) is 3.01. The average Bonchev–Trinajstić information content (AvgIpc) is 2.24. The van der Waals surface area contributed by atoms with Crippen LogP contribution in [-0.2, 0) is 4.79 Å². The first-order valence-electron chi connectivity index (χ1n) is 4.53. The number of hydrogen-bond acceptors (Lipinski definition) is 3. The Labute approximate surface area is 88.2 Å². The SMILES string of the molecule is Cl.NCC1(C2CCC2)NC(=O)NC1=O. The van der Waals surface area contributed by atoms with Crippen molar-refractivity contribution < 1.29 is 9.59 Å². The van der Waals surface area contributed by atoms with E-state index in [1.165, 1.54) is 0 Å². The quantitative estimate of drug-likeness (QED) is 0.560. The molecule has 2 fully saturated rings. The van der Waals surface area contributed by atoms with Crippen molar-refractivity contribution in [3.63, 3.8) is 0 Å². The van der Waals surface area contributed by atoms with Crippen molar-refractivity contribution in [3.8, 4) is 0 Å². The minimum absolute atomic E-state index is 0. The highest BCUT2D eigenvalue weighted by molar-refractivity contribution is 6.07. The van der Waals surface area contributed by atoms with Crippen LogP contribution in [0.25, 0.3) is 0 Å². The van der Waals surface area contributed by atoms with Crippen LogP contribution in [0.2, 0.25) is 0 Å². The molecule has 0 aromatic heterocycles. The zero-order valence-electron chi connectivity index (χ0n) is 7.71. The predicted molar refractivity (Wildman–Crippen MR) is 53.0 cm³/mol. The van der Waals surface area contributed by atoms with Crippen molar-refractivity contribution in [2.45, 2.75) is 24.8 Å². The van der Waals surface area contributed by atoms with Gasteiger partial charge in [-0.05, 0) is 18.8 Å². The van der Waals surface area contributed by atoms with Gasteiger partial charge in [0.2, 0.25) is 0 Å². The van der Waals surface area contributed by atoms with Crippen molar-refractivity contribution >= 4 is 24.3 Å². The molecule has 4 N–H and O–H groups in total. The number of amides is 3. The highest BCUT2D eigenvalue weighted by Gasteiger charge is 2.52. The number of urea groups is 1. The molecule has 14 heavy (non-hydrogen) atoms. The first kappa shape index (κ1) is 11.3. The summed E-state index contributed by atoms with van der Waals surface area (Å²) >= 11 is 0. The second-order valence-electron chi connectivity index (χ2n) is 3.71. The number of hydrogen-bond donors (Lipinski definition) is 3. The van der Waals surface area contributed by atoms with E-state index in [0.717, 1.165) is 19.3 Å². The Morgan fingerprint density at radius 2 is 2.07 bits per heavy atom. The van der Waals surface area contributed by atoms with Gasteiger partial charge in [0.15, 0.2) is 0 Å². The van der Waals surface area contributed by atoms with Crippen LogP contribution >= 0.6 is 12.4 Å². The van der Waals surface area contributed by atoms with Crippen LogP contribution in [0.5, 0.6) is 0 Å². The first-order chi connectivity index (χ1) is 6.19. The number of carbonyl (C=O) groups is 2. The lowest BCUT2D eigenvalue weighted by Crippen LogP contribution is -2.60. The zero-order valence-corrected chi connectivity index (χ0v) is 8.52. The van der Waals surface area contributed by atoms with Crippen molar-refractivity contribution in [1.29, 1.82) is 0 Å². The summed E-state index contributed by atoms with van der Waals surface area (Å²) in [5, 5.41) is 4.88. The van der Waals surface area contributed by atoms with E-state index in [1.54, 1.807) is 0 Å². The highest BCUT2D eigenvalue weighted by atomic mass is 35.5. The van der Waals surface area contributed by atoms with Gasteiger partial charge in [-0.2, -0.15) is 0 Å². The number of nitrogens with two attached hydrogens (primary N) is 1. The topological polar surface area (TPSA) is 84.2 Å². The Morgan fingerprint density at radius 1 is 1.43 bits per heavy atom. The highest BCUT2D eigenvalue weighted by Crippen LogP contribution is 2.37. The number of carbonyl (C=O) groups excluding carboxylic acids is 2. The summed E-state index contributed by atoms with van der Waals surface area (Å²) in [4.78, 5) is 22.5. The van der Waals surface area contributed by atoms with Crippen LogP contribution < -0.4 is 16.4 Å². The number of halogens is 1. The summed E-state index contributed by atoms with van der Waals surface area (Å²) in [5.74, 6) is -0.0337. The van der Waals surface area contributed by atoms with Crippen LogP contribution in [0.1, 0.15) is 19.3 Å². The molecule has 0 radical (unpaired) electrons. The largest absolute Gasteiger partial charge is 0.328 e. The smallest absolute Gasteiger partial charge is 0.322 e. The minimum atomic E-state index is -0.810. The molecule has 1 atom stereocenters. The van der Waals surface area contributed by atoms with Gasteiger partial charge in [0, 0.05) is 6.54 Å². The molecule has 2 aliphatic rings. The summed E-state index contributed by atoms with van der Waals surface area (Å²) in [6.45, 7) is 0.190. The molecule has 0 spiro atoms. The van der Waals surface area contributed by atoms with Gasteiger partial charge in [0.1, 0.15) is 5.54 Å². The van der Waals surface area contributed by atoms with E-state index in [-0.39, 0.29) is 30.8 Å². The summed E-state index contributed by atoms with van der Waals surface area (Å²) in [5.41, 5.74) is 4.75. The molecule has 1 aliphatic carbocycles. The molecule has 3 amide bonds. The van der Waals surface area contributed by atoms with Crippen molar-refractivity contribution in [1.82, 2.24) is 10.6 Å². The number of nitrogens with one attached hydrogen (secondary N) is 2. The molecular weight excluding hydrogens is 206 g/mol. The summed E-state index contributed by atoms with van der Waals surface area (Å²) < 4.78 is 0. The van der Waals surface area contributed by atoms with Gasteiger partial charge in [-0.15, -0.1) is 12.4 Å². The van der Waals surface area contributed by atoms with Gasteiger partial charge in [0.25, 0.3) is 5.91 Å². The predicted octanol–water partition coefficient (Wildman–Crippen LogP) is -0.255. The third kappa shape index (κ3) is 1.36. The van der Waals surface area contributed by atoms with Crippen LogP contribution in [0.4, 0.5) is 4.79 Å². The van der Waals surface area contributed by atoms with Gasteiger partial charge < -0.3 is 11.1 Å². The lowest BCUT2D eigenvalue weighted by Gasteiger charge is -2.39. The summed E-state index contributed by atoms with van der Waals surface area (Å²) in [6, 6.07) is -0.414. The second kappa shape index (κ2) is 3.74. The molecule has 0 bridgehead atoms. The molecule has 1 saturated heterocycles. The lowest BCUT2D eigenvalue weighted by atomic mass is 9.70. The standard InChI is InChI=1S/C8H13N3O2.ClH/c9-4-8(5-2-1-3-5)6(12)10-7(13)11-8;/h5H,1-4,9H2,(H2,10,11,12,13);1H. The Hall–Kier alpha value is -0.810. The van der Waals surface area contributed by atoms with E-state index in [4.69, 9.17) is 5.73 Å². The average molecular weight is 220 g/mol. The maximum Gasteiger partial charge on any atom is 0.322 e. The number of imide groups is 1. The van der Waals surface area contributed by atoms with Gasteiger partial charge in [0.05, 0.1) is 0 Å². The first-order valence-corrected chi connectivity index (χ1v) is 4.53. The molecule has 1 unspecified atom stereocenters. The van der Waals surface area contributed by atoms with E-state index in [1.807, 2.05) is 0 Å². The van der Waals surface area contributed by atoms with E-state index in [2.05, 4.69) is 10.6 Å². The van der Waals surface area contributed by atoms with E-state index in [9.17, 15) is 9.59 Å². The molecule has 5 nitrogen and oxygen atoms in total. The van der Waals surface area contributed by atoms with Crippen LogP contribution in [0.3, 0.4) is 0 Å². The fourth-order valence-electron chi connectivity index (χ4n) is 2.00. The van der Waals surface area contributed by atoms with Crippen LogP contribution in [0.15, 0.2) is 0 Å². The van der Waals surface area contributed by atoms with Gasteiger partial charge in [-0.25, -0.2) is 4.79 Å². The molecule has 6 heteroatoms. The molecule has 80 valence electrons. The molecule has 2 rings (SSSR count). The molecule has 1 saturated carbocycles. The zero-order chi connectivity index (χ0) is 9.47. The van der Waals surface area contributed by atoms with Gasteiger partial charge >= 0.3 is 6.03 Å². The van der Waals surface area contributed by atoms with Crippen LogP contribution in [-0.4, -0.2) is 24.0 Å². The van der Waals surface area contributed by atoms with Gasteiger partial charge in [-0.3, -0.25) is 10.1 Å². The molecule has 1 aliphatic heterocycles. The molecule has 1 heterocycles. The van der Waals surface area contributed by atoms with Gasteiger partial charge in [-0.1, -0.05) is 6.42 Å². The molecule has 0 aromatic carbocycles. The van der Waals surface area contributed by atoms with Crippen molar-refractivity contribution in [3.05, 3.63) is 0 Å². The van der Waals surface area contributed by atoms with Crippen molar-refractivity contribution in [2.75, 3.05) is 6.54 Å². The Morgan fingerprint density at radius 3 is 2.36 bits per heavy atom. The maximum absolute atomic E-state index is 11.5. The Balaban J connectivity index is 0.000000980. The summed E-state index contributed by atoms with van der Waals surface area (Å²) in [6.07, 6.45) is 3.07. The maximum atomic E-state index is 11.5. The number of rotatable bonds is 2. The van der Waals surface area contributed by atoms with E-state index >= 15 is 0 Å². The second-order valence-corrected chi connectivity index (χ2v) is 3.71. The van der Waals surface area contributed by atoms with E-state index < -0.39 is 11.6 Å². The molecule has 0 aromatic rings.